The molecule has 1 saturated carbocycles. The maximum Gasteiger partial charge on any atom is 0.0827 e. The van der Waals surface area contributed by atoms with Crippen molar-refractivity contribution >= 4 is 5.69 Å². The largest absolute Gasteiger partial charge is 0.379 e. The highest BCUT2D eigenvalue weighted by Crippen LogP contribution is 2.32. The third-order valence-corrected chi connectivity index (χ3v) is 4.55. The minimum Gasteiger partial charge on any atom is -0.379 e. The zero-order chi connectivity index (χ0) is 12.6. The lowest BCUT2D eigenvalue weighted by molar-refractivity contribution is 0.253. The molecule has 0 aromatic carbocycles. The highest BCUT2D eigenvalue weighted by molar-refractivity contribution is 5.52. The maximum atomic E-state index is 4.47. The molecule has 0 aliphatic heterocycles. The van der Waals surface area contributed by atoms with E-state index in [1.807, 2.05) is 11.7 Å². The molecule has 1 heterocycles. The summed E-state index contributed by atoms with van der Waals surface area (Å²) in [5, 5.41) is 8.21. The van der Waals surface area contributed by atoms with E-state index in [2.05, 4.69) is 38.1 Å². The van der Waals surface area contributed by atoms with Crippen LogP contribution in [0.15, 0.2) is 0 Å². The van der Waals surface area contributed by atoms with Crippen molar-refractivity contribution in [1.29, 1.82) is 0 Å². The van der Waals surface area contributed by atoms with E-state index >= 15 is 0 Å². The number of hydrogen-bond donors (Lipinski definition) is 1. The van der Waals surface area contributed by atoms with Crippen LogP contribution in [0.25, 0.3) is 0 Å². The Morgan fingerprint density at radius 3 is 2.53 bits per heavy atom. The van der Waals surface area contributed by atoms with Crippen molar-refractivity contribution in [3.05, 3.63) is 11.4 Å². The van der Waals surface area contributed by atoms with Crippen LogP contribution < -0.4 is 5.32 Å². The number of anilines is 1. The Balaban J connectivity index is 2.14. The van der Waals surface area contributed by atoms with Gasteiger partial charge in [-0.1, -0.05) is 26.7 Å². The minimum absolute atomic E-state index is 0.611. The van der Waals surface area contributed by atoms with Gasteiger partial charge in [0.05, 0.1) is 17.1 Å². The van der Waals surface area contributed by atoms with Crippen molar-refractivity contribution in [2.45, 2.75) is 53.0 Å². The number of hydrogen-bond acceptors (Lipinski definition) is 2. The van der Waals surface area contributed by atoms with E-state index in [4.69, 9.17) is 0 Å². The van der Waals surface area contributed by atoms with Crippen molar-refractivity contribution in [3.63, 3.8) is 0 Å². The Labute approximate surface area is 105 Å². The first-order valence-electron chi connectivity index (χ1n) is 6.77. The predicted molar refractivity (Wildman–Crippen MR) is 72.3 cm³/mol. The summed E-state index contributed by atoms with van der Waals surface area (Å²) in [5.74, 6) is 1.58. The van der Waals surface area contributed by atoms with Gasteiger partial charge in [-0.15, -0.1) is 0 Å². The molecule has 3 atom stereocenters. The highest BCUT2D eigenvalue weighted by Gasteiger charge is 2.28. The second-order valence-corrected chi connectivity index (χ2v) is 5.69. The van der Waals surface area contributed by atoms with Crippen molar-refractivity contribution < 1.29 is 0 Å². The number of aromatic nitrogens is 2. The molecule has 17 heavy (non-hydrogen) atoms. The van der Waals surface area contributed by atoms with Gasteiger partial charge in [0.25, 0.3) is 0 Å². The molecule has 1 fully saturated rings. The fourth-order valence-electron chi connectivity index (χ4n) is 2.95. The summed E-state index contributed by atoms with van der Waals surface area (Å²) in [6.07, 6.45) is 4.02. The Bertz CT molecular complexity index is 394. The average molecular weight is 235 g/mol. The molecular formula is C14H25N3. The molecule has 1 aromatic rings. The number of rotatable bonds is 2. The zero-order valence-electron chi connectivity index (χ0n) is 11.7. The van der Waals surface area contributed by atoms with Gasteiger partial charge in [-0.05, 0) is 32.1 Å². The monoisotopic (exact) mass is 235 g/mol. The van der Waals surface area contributed by atoms with Gasteiger partial charge in [-0.3, -0.25) is 4.68 Å². The lowest BCUT2D eigenvalue weighted by Crippen LogP contribution is -2.35. The van der Waals surface area contributed by atoms with Gasteiger partial charge in [0, 0.05) is 13.1 Å². The average Bonchev–Trinajstić information content (AvgIpc) is 2.51. The fourth-order valence-corrected chi connectivity index (χ4v) is 2.95. The summed E-state index contributed by atoms with van der Waals surface area (Å²) < 4.78 is 1.97. The predicted octanol–water partition coefficient (Wildman–Crippen LogP) is 3.27. The van der Waals surface area contributed by atoms with E-state index in [0.717, 1.165) is 17.5 Å². The van der Waals surface area contributed by atoms with Gasteiger partial charge < -0.3 is 5.32 Å². The van der Waals surface area contributed by atoms with Gasteiger partial charge in [0.15, 0.2) is 0 Å². The van der Waals surface area contributed by atoms with E-state index in [1.54, 1.807) is 0 Å². The molecule has 0 radical (unpaired) electrons. The molecule has 1 aliphatic rings. The minimum atomic E-state index is 0.611. The fraction of sp³-hybridized carbons (Fsp3) is 0.786. The van der Waals surface area contributed by atoms with Crippen LogP contribution in [0, 0.1) is 25.7 Å². The molecule has 1 aromatic heterocycles. The Morgan fingerprint density at radius 2 is 1.94 bits per heavy atom. The van der Waals surface area contributed by atoms with Crippen molar-refractivity contribution in [2.75, 3.05) is 5.32 Å². The number of nitrogens with zero attached hydrogens (tertiary/aromatic N) is 2. The molecule has 0 saturated heterocycles. The molecule has 96 valence electrons. The van der Waals surface area contributed by atoms with Crippen LogP contribution >= 0.6 is 0 Å². The normalized spacial score (nSPS) is 29.4. The first-order chi connectivity index (χ1) is 8.00. The molecule has 0 amide bonds. The van der Waals surface area contributed by atoms with Crippen LogP contribution in [0.3, 0.4) is 0 Å². The summed E-state index contributed by atoms with van der Waals surface area (Å²) in [5.41, 5.74) is 3.61. The van der Waals surface area contributed by atoms with Gasteiger partial charge in [0.2, 0.25) is 0 Å². The van der Waals surface area contributed by atoms with E-state index in [-0.39, 0.29) is 0 Å². The second-order valence-electron chi connectivity index (χ2n) is 5.69. The number of nitrogens with one attached hydrogen (secondary N) is 1. The molecule has 3 heteroatoms. The van der Waals surface area contributed by atoms with E-state index in [1.165, 1.54) is 30.6 Å². The maximum absolute atomic E-state index is 4.47. The van der Waals surface area contributed by atoms with Crippen LogP contribution in [-0.4, -0.2) is 15.8 Å². The molecule has 3 nitrogen and oxygen atoms in total. The molecule has 0 bridgehead atoms. The molecule has 3 unspecified atom stereocenters. The first kappa shape index (κ1) is 12.5. The van der Waals surface area contributed by atoms with Crippen molar-refractivity contribution in [2.24, 2.45) is 18.9 Å². The van der Waals surface area contributed by atoms with Gasteiger partial charge >= 0.3 is 0 Å². The van der Waals surface area contributed by atoms with Crippen LogP contribution in [0.2, 0.25) is 0 Å². The van der Waals surface area contributed by atoms with Gasteiger partial charge in [-0.2, -0.15) is 5.10 Å². The Kier molecular flexibility index (Phi) is 3.45. The smallest absolute Gasteiger partial charge is 0.0827 e. The van der Waals surface area contributed by atoms with E-state index < -0.39 is 0 Å². The third kappa shape index (κ3) is 2.33. The quantitative estimate of drug-likeness (QED) is 0.852. The second kappa shape index (κ2) is 4.71. The highest BCUT2D eigenvalue weighted by atomic mass is 15.3. The van der Waals surface area contributed by atoms with Crippen LogP contribution in [0.4, 0.5) is 5.69 Å². The Hall–Kier alpha value is -0.990. The standard InChI is InChI=1S/C14H25N3/c1-9-7-6-8-13(10(9)2)15-14-11(3)16-17(5)12(14)4/h9-10,13,15H,6-8H2,1-5H3. The summed E-state index contributed by atoms with van der Waals surface area (Å²) in [6, 6.07) is 0.611. The molecule has 1 aliphatic carbocycles. The van der Waals surface area contributed by atoms with E-state index in [0.29, 0.717) is 6.04 Å². The summed E-state index contributed by atoms with van der Waals surface area (Å²) in [4.78, 5) is 0. The molecular weight excluding hydrogens is 210 g/mol. The summed E-state index contributed by atoms with van der Waals surface area (Å²) >= 11 is 0. The third-order valence-electron chi connectivity index (χ3n) is 4.55. The van der Waals surface area contributed by atoms with Crippen LogP contribution in [0.1, 0.15) is 44.5 Å². The lowest BCUT2D eigenvalue weighted by atomic mass is 9.78. The SMILES string of the molecule is Cc1nn(C)c(C)c1NC1CCCC(C)C1C. The summed E-state index contributed by atoms with van der Waals surface area (Å²) in [6.45, 7) is 8.98. The first-order valence-corrected chi connectivity index (χ1v) is 6.77. The van der Waals surface area contributed by atoms with E-state index in [9.17, 15) is 0 Å². The van der Waals surface area contributed by atoms with Crippen LogP contribution in [0.5, 0.6) is 0 Å². The van der Waals surface area contributed by atoms with Crippen molar-refractivity contribution in [3.8, 4) is 0 Å². The lowest BCUT2D eigenvalue weighted by Gasteiger charge is -2.35. The van der Waals surface area contributed by atoms with Crippen LogP contribution in [-0.2, 0) is 7.05 Å². The Morgan fingerprint density at radius 1 is 1.24 bits per heavy atom. The van der Waals surface area contributed by atoms with Crippen molar-refractivity contribution in [1.82, 2.24) is 9.78 Å². The van der Waals surface area contributed by atoms with Gasteiger partial charge in [0.1, 0.15) is 0 Å². The topological polar surface area (TPSA) is 29.9 Å². The molecule has 0 spiro atoms. The van der Waals surface area contributed by atoms with Gasteiger partial charge in [-0.25, -0.2) is 0 Å². The zero-order valence-corrected chi connectivity index (χ0v) is 11.7. The molecule has 2 rings (SSSR count). The summed E-state index contributed by atoms with van der Waals surface area (Å²) in [7, 11) is 2.01. The molecule has 1 N–H and O–H groups in total. The number of aryl methyl sites for hydroxylation is 2.